The third-order valence-corrected chi connectivity index (χ3v) is 3.75. The first-order valence-electron chi connectivity index (χ1n) is 7.93. The lowest BCUT2D eigenvalue weighted by molar-refractivity contribution is -0.148. The van der Waals surface area contributed by atoms with Gasteiger partial charge in [0, 0.05) is 21.8 Å². The van der Waals surface area contributed by atoms with Crippen molar-refractivity contribution in [3.8, 4) is 5.75 Å². The monoisotopic (exact) mass is 429 g/mol. The van der Waals surface area contributed by atoms with Crippen LogP contribution in [0.3, 0.4) is 0 Å². The van der Waals surface area contributed by atoms with Gasteiger partial charge in [-0.25, -0.2) is 4.79 Å². The van der Waals surface area contributed by atoms with E-state index in [9.17, 15) is 18.4 Å². The second-order valence-electron chi connectivity index (χ2n) is 5.51. The Hall–Kier alpha value is -2.64. The van der Waals surface area contributed by atoms with E-state index in [1.807, 2.05) is 0 Å². The summed E-state index contributed by atoms with van der Waals surface area (Å²) in [5, 5.41) is 3.24. The van der Waals surface area contributed by atoms with Crippen LogP contribution in [0, 0.1) is 0 Å². The van der Waals surface area contributed by atoms with E-state index >= 15 is 0 Å². The number of anilines is 1. The molecule has 0 saturated carbocycles. The number of esters is 1. The van der Waals surface area contributed by atoms with Gasteiger partial charge in [-0.05, 0) is 48.9 Å². The smallest absolute Gasteiger partial charge is 0.387 e. The predicted octanol–water partition coefficient (Wildman–Crippen LogP) is 5.18. The highest BCUT2D eigenvalue weighted by Crippen LogP contribution is 2.22. The highest BCUT2D eigenvalue weighted by molar-refractivity contribution is 6.35. The van der Waals surface area contributed by atoms with Crippen LogP contribution >= 0.6 is 23.2 Å². The SMILES string of the molecule is CC(OC(=O)/C=C/c1ccc(OC(F)F)cc1)C(=O)Nc1cc(Cl)cc(Cl)c1. The van der Waals surface area contributed by atoms with E-state index in [-0.39, 0.29) is 5.75 Å². The molecule has 1 atom stereocenters. The van der Waals surface area contributed by atoms with Crippen molar-refractivity contribution >= 4 is 46.8 Å². The van der Waals surface area contributed by atoms with Gasteiger partial charge >= 0.3 is 12.6 Å². The number of hydrogen-bond donors (Lipinski definition) is 1. The first-order chi connectivity index (χ1) is 13.2. The molecule has 0 heterocycles. The predicted molar refractivity (Wildman–Crippen MR) is 103 cm³/mol. The van der Waals surface area contributed by atoms with Crippen molar-refractivity contribution in [1.82, 2.24) is 0 Å². The number of hydrogen-bond acceptors (Lipinski definition) is 4. The van der Waals surface area contributed by atoms with Crippen LogP contribution in [0.25, 0.3) is 6.08 Å². The van der Waals surface area contributed by atoms with Crippen LogP contribution in [0.2, 0.25) is 10.0 Å². The summed E-state index contributed by atoms with van der Waals surface area (Å²) in [6.45, 7) is -1.50. The third-order valence-electron chi connectivity index (χ3n) is 3.31. The van der Waals surface area contributed by atoms with E-state index in [4.69, 9.17) is 27.9 Å². The first-order valence-corrected chi connectivity index (χ1v) is 8.69. The molecule has 0 bridgehead atoms. The maximum atomic E-state index is 12.1. The van der Waals surface area contributed by atoms with Crippen LogP contribution in [0.15, 0.2) is 48.5 Å². The van der Waals surface area contributed by atoms with E-state index in [1.165, 1.54) is 55.5 Å². The van der Waals surface area contributed by atoms with Gasteiger partial charge in [0.25, 0.3) is 5.91 Å². The van der Waals surface area contributed by atoms with Crippen molar-refractivity contribution in [2.24, 2.45) is 0 Å². The molecule has 0 spiro atoms. The number of amides is 1. The number of carbonyl (C=O) groups is 2. The van der Waals surface area contributed by atoms with Crippen molar-refractivity contribution in [2.45, 2.75) is 19.6 Å². The van der Waals surface area contributed by atoms with Crippen LogP contribution in [0.5, 0.6) is 5.75 Å². The Morgan fingerprint density at radius 3 is 2.25 bits per heavy atom. The fraction of sp³-hybridized carbons (Fsp3) is 0.158. The van der Waals surface area contributed by atoms with E-state index in [0.29, 0.717) is 21.3 Å². The van der Waals surface area contributed by atoms with Crippen LogP contribution in [-0.2, 0) is 14.3 Å². The molecule has 2 aromatic rings. The van der Waals surface area contributed by atoms with Gasteiger partial charge in [0.1, 0.15) is 5.75 Å². The van der Waals surface area contributed by atoms with Gasteiger partial charge < -0.3 is 14.8 Å². The van der Waals surface area contributed by atoms with Gasteiger partial charge in [0.05, 0.1) is 0 Å². The number of nitrogens with one attached hydrogen (secondary N) is 1. The molecule has 1 amide bonds. The lowest BCUT2D eigenvalue weighted by Crippen LogP contribution is -2.29. The zero-order valence-corrected chi connectivity index (χ0v) is 16.0. The van der Waals surface area contributed by atoms with Crippen molar-refractivity contribution < 1.29 is 27.8 Å². The molecule has 5 nitrogen and oxygen atoms in total. The average molecular weight is 430 g/mol. The van der Waals surface area contributed by atoms with Gasteiger partial charge in [0.2, 0.25) is 0 Å². The average Bonchev–Trinajstić information content (AvgIpc) is 2.59. The lowest BCUT2D eigenvalue weighted by Gasteiger charge is -2.12. The standard InChI is InChI=1S/C19H15Cl2F2NO4/c1-11(18(26)24-15-9-13(20)8-14(21)10-15)27-17(25)7-4-12-2-5-16(6-3-12)28-19(22)23/h2-11,19H,1H3,(H,24,26)/b7-4+. The summed E-state index contributed by atoms with van der Waals surface area (Å²) in [6, 6.07) is 10.2. The van der Waals surface area contributed by atoms with E-state index in [2.05, 4.69) is 10.1 Å². The number of alkyl halides is 2. The second-order valence-corrected chi connectivity index (χ2v) is 6.38. The van der Waals surface area contributed by atoms with Gasteiger partial charge in [0.15, 0.2) is 6.10 Å². The number of rotatable bonds is 7. The van der Waals surface area contributed by atoms with Crippen LogP contribution in [-0.4, -0.2) is 24.6 Å². The fourth-order valence-corrected chi connectivity index (χ4v) is 2.59. The number of halogens is 4. The van der Waals surface area contributed by atoms with Gasteiger partial charge in [-0.3, -0.25) is 4.79 Å². The Bertz CT molecular complexity index is 852. The summed E-state index contributed by atoms with van der Waals surface area (Å²) in [6.07, 6.45) is 1.45. The summed E-state index contributed by atoms with van der Waals surface area (Å²) in [4.78, 5) is 23.9. The first kappa shape index (κ1) is 21.7. The highest BCUT2D eigenvalue weighted by atomic mass is 35.5. The van der Waals surface area contributed by atoms with Crippen LogP contribution < -0.4 is 10.1 Å². The minimum atomic E-state index is -2.91. The molecule has 28 heavy (non-hydrogen) atoms. The summed E-state index contributed by atoms with van der Waals surface area (Å²) in [5.41, 5.74) is 0.927. The maximum absolute atomic E-state index is 12.1. The minimum Gasteiger partial charge on any atom is -0.449 e. The second kappa shape index (κ2) is 10.1. The number of carbonyl (C=O) groups excluding carboxylic acids is 2. The molecular weight excluding hydrogens is 415 g/mol. The molecule has 2 aromatic carbocycles. The topological polar surface area (TPSA) is 64.6 Å². The maximum Gasteiger partial charge on any atom is 0.387 e. The Labute approximate surface area is 169 Å². The molecule has 0 aromatic heterocycles. The van der Waals surface area contributed by atoms with E-state index in [0.717, 1.165) is 6.08 Å². The molecule has 0 aliphatic rings. The van der Waals surface area contributed by atoms with Crippen LogP contribution in [0.1, 0.15) is 12.5 Å². The molecule has 0 aliphatic carbocycles. The molecule has 148 valence electrons. The normalized spacial score (nSPS) is 12.1. The summed E-state index contributed by atoms with van der Waals surface area (Å²) < 4.78 is 33.4. The molecule has 1 N–H and O–H groups in total. The van der Waals surface area contributed by atoms with Crippen molar-refractivity contribution in [1.29, 1.82) is 0 Å². The van der Waals surface area contributed by atoms with E-state index < -0.39 is 24.6 Å². The van der Waals surface area contributed by atoms with Gasteiger partial charge in [-0.2, -0.15) is 8.78 Å². The molecule has 0 aliphatic heterocycles. The molecular formula is C19H15Cl2F2NO4. The van der Waals surface area contributed by atoms with Crippen LogP contribution in [0.4, 0.5) is 14.5 Å². The quantitative estimate of drug-likeness (QED) is 0.486. The zero-order valence-electron chi connectivity index (χ0n) is 14.5. The Kier molecular flexibility index (Phi) is 7.78. The third kappa shape index (κ3) is 7.17. The Morgan fingerprint density at radius 1 is 1.07 bits per heavy atom. The minimum absolute atomic E-state index is 0.00105. The number of ether oxygens (including phenoxy) is 2. The van der Waals surface area contributed by atoms with Crippen molar-refractivity contribution in [2.75, 3.05) is 5.32 Å². The summed E-state index contributed by atoms with van der Waals surface area (Å²) in [7, 11) is 0. The molecule has 0 fully saturated rings. The Balaban J connectivity index is 1.88. The summed E-state index contributed by atoms with van der Waals surface area (Å²) >= 11 is 11.7. The molecule has 2 rings (SSSR count). The lowest BCUT2D eigenvalue weighted by atomic mass is 10.2. The van der Waals surface area contributed by atoms with Gasteiger partial charge in [-0.15, -0.1) is 0 Å². The Morgan fingerprint density at radius 2 is 1.68 bits per heavy atom. The fourth-order valence-electron chi connectivity index (χ4n) is 2.06. The highest BCUT2D eigenvalue weighted by Gasteiger charge is 2.17. The van der Waals surface area contributed by atoms with Crippen molar-refractivity contribution in [3.05, 3.63) is 64.1 Å². The summed E-state index contributed by atoms with van der Waals surface area (Å²) in [5.74, 6) is -1.31. The molecule has 0 radical (unpaired) electrons. The molecule has 1 unspecified atom stereocenters. The zero-order chi connectivity index (χ0) is 20.7. The van der Waals surface area contributed by atoms with Crippen molar-refractivity contribution in [3.63, 3.8) is 0 Å². The number of benzene rings is 2. The largest absolute Gasteiger partial charge is 0.449 e. The van der Waals surface area contributed by atoms with E-state index in [1.54, 1.807) is 0 Å². The van der Waals surface area contributed by atoms with Gasteiger partial charge in [-0.1, -0.05) is 35.3 Å². The molecule has 9 heteroatoms. The molecule has 0 saturated heterocycles.